The van der Waals surface area contributed by atoms with E-state index in [-0.39, 0.29) is 5.92 Å². The van der Waals surface area contributed by atoms with Gasteiger partial charge in [0.15, 0.2) is 11.6 Å². The van der Waals surface area contributed by atoms with Crippen molar-refractivity contribution in [2.75, 3.05) is 44.2 Å². The van der Waals surface area contributed by atoms with E-state index in [4.69, 9.17) is 4.74 Å². The zero-order valence-electron chi connectivity index (χ0n) is 18.9. The van der Waals surface area contributed by atoms with Crippen LogP contribution in [0.3, 0.4) is 0 Å². The fourth-order valence-corrected chi connectivity index (χ4v) is 5.30. The molecule has 1 aliphatic carbocycles. The third-order valence-electron chi connectivity index (χ3n) is 7.73. The fourth-order valence-electron chi connectivity index (χ4n) is 5.30. The van der Waals surface area contributed by atoms with Crippen molar-refractivity contribution in [3.63, 3.8) is 0 Å². The van der Waals surface area contributed by atoms with Crippen molar-refractivity contribution < 1.29 is 9.53 Å². The second-order valence-corrected chi connectivity index (χ2v) is 9.71. The number of anilines is 1. The van der Waals surface area contributed by atoms with Gasteiger partial charge in [-0.3, -0.25) is 9.69 Å². The van der Waals surface area contributed by atoms with Crippen LogP contribution in [-0.2, 0) is 11.2 Å². The lowest BCUT2D eigenvalue weighted by atomic mass is 9.77. The van der Waals surface area contributed by atoms with Crippen LogP contribution in [-0.4, -0.2) is 55.0 Å². The molecular formula is C25H39N3O2. The average Bonchev–Trinajstić information content (AvgIpc) is 3.27. The molecule has 30 heavy (non-hydrogen) atoms. The summed E-state index contributed by atoms with van der Waals surface area (Å²) in [7, 11) is 0. The van der Waals surface area contributed by atoms with Gasteiger partial charge in [0, 0.05) is 56.7 Å². The van der Waals surface area contributed by atoms with Gasteiger partial charge in [-0.1, -0.05) is 26.7 Å². The summed E-state index contributed by atoms with van der Waals surface area (Å²) in [5, 5.41) is 0. The summed E-state index contributed by atoms with van der Waals surface area (Å²) in [5.74, 6) is 4.31. The highest BCUT2D eigenvalue weighted by molar-refractivity contribution is 5.80. The molecular weight excluding hydrogens is 374 g/mol. The van der Waals surface area contributed by atoms with Gasteiger partial charge in [0.05, 0.1) is 6.61 Å². The Morgan fingerprint density at radius 1 is 1.17 bits per heavy atom. The van der Waals surface area contributed by atoms with Crippen molar-refractivity contribution in [1.29, 1.82) is 0 Å². The van der Waals surface area contributed by atoms with Crippen LogP contribution in [0.4, 0.5) is 5.82 Å². The maximum absolute atomic E-state index is 12.2. The van der Waals surface area contributed by atoms with Gasteiger partial charge in [0.25, 0.3) is 0 Å². The summed E-state index contributed by atoms with van der Waals surface area (Å²) in [5.41, 5.74) is 1.31. The predicted molar refractivity (Wildman–Crippen MR) is 121 cm³/mol. The van der Waals surface area contributed by atoms with Gasteiger partial charge in [0.2, 0.25) is 0 Å². The van der Waals surface area contributed by atoms with Crippen LogP contribution in [0.2, 0.25) is 0 Å². The summed E-state index contributed by atoms with van der Waals surface area (Å²) in [6.45, 7) is 10.5. The van der Waals surface area contributed by atoms with Crippen LogP contribution < -0.4 is 9.64 Å². The number of carbonyl (C=O) groups is 1. The quantitative estimate of drug-likeness (QED) is 0.634. The molecule has 4 rings (SSSR count). The van der Waals surface area contributed by atoms with E-state index in [1.165, 1.54) is 44.2 Å². The highest BCUT2D eigenvalue weighted by atomic mass is 16.5. The number of fused-ring (bicyclic) bond motifs is 1. The third kappa shape index (κ3) is 5.16. The predicted octanol–water partition coefficient (Wildman–Crippen LogP) is 4.34. The Morgan fingerprint density at radius 3 is 2.63 bits per heavy atom. The second-order valence-electron chi connectivity index (χ2n) is 9.71. The topological polar surface area (TPSA) is 45.7 Å². The number of nitrogens with zero attached hydrogens (tertiary/aromatic N) is 3. The minimum atomic E-state index is 0.250. The number of aromatic nitrogens is 1. The molecule has 5 nitrogen and oxygen atoms in total. The smallest absolute Gasteiger partial charge is 0.171 e. The average molecular weight is 414 g/mol. The minimum Gasteiger partial charge on any atom is -0.489 e. The highest BCUT2D eigenvalue weighted by Crippen LogP contribution is 2.35. The van der Waals surface area contributed by atoms with Gasteiger partial charge in [-0.15, -0.1) is 0 Å². The molecule has 3 aliphatic rings. The van der Waals surface area contributed by atoms with Crippen LogP contribution in [0.5, 0.6) is 5.75 Å². The number of ketones is 1. The molecule has 0 amide bonds. The summed E-state index contributed by atoms with van der Waals surface area (Å²) in [4.78, 5) is 21.9. The molecule has 2 fully saturated rings. The van der Waals surface area contributed by atoms with E-state index in [0.29, 0.717) is 11.7 Å². The van der Waals surface area contributed by atoms with Crippen molar-refractivity contribution >= 4 is 11.6 Å². The Kier molecular flexibility index (Phi) is 7.29. The van der Waals surface area contributed by atoms with Crippen molar-refractivity contribution in [3.8, 4) is 5.75 Å². The molecule has 5 heteroatoms. The van der Waals surface area contributed by atoms with Crippen LogP contribution in [0.15, 0.2) is 12.3 Å². The maximum Gasteiger partial charge on any atom is 0.171 e. The molecule has 1 unspecified atom stereocenters. The number of pyridine rings is 1. The van der Waals surface area contributed by atoms with Gasteiger partial charge >= 0.3 is 0 Å². The summed E-state index contributed by atoms with van der Waals surface area (Å²) in [6.07, 6.45) is 11.2. The third-order valence-corrected chi connectivity index (χ3v) is 7.73. The van der Waals surface area contributed by atoms with E-state index in [1.807, 2.05) is 6.20 Å². The molecule has 1 saturated carbocycles. The van der Waals surface area contributed by atoms with Gasteiger partial charge in [-0.2, -0.15) is 0 Å². The van der Waals surface area contributed by atoms with Crippen molar-refractivity contribution in [2.24, 2.45) is 17.8 Å². The standard InChI is InChI=1S/C25H39N3O2/c1-3-19(2)23(29)18-21-6-4-20(5-7-21)9-12-27-13-15-28(16-14-27)25-24-22(8-11-26-25)10-17-30-24/h8,11,19-21H,3-7,9-10,12-18H2,1-2H3. The second kappa shape index (κ2) is 10.1. The molecule has 1 aromatic rings. The largest absolute Gasteiger partial charge is 0.489 e. The van der Waals surface area contributed by atoms with E-state index >= 15 is 0 Å². The Bertz CT molecular complexity index is 706. The first kappa shape index (κ1) is 21.6. The van der Waals surface area contributed by atoms with Crippen LogP contribution in [0.25, 0.3) is 0 Å². The maximum atomic E-state index is 12.2. The first-order chi connectivity index (χ1) is 14.6. The summed E-state index contributed by atoms with van der Waals surface area (Å²) < 4.78 is 5.85. The normalized spacial score (nSPS) is 25.6. The van der Waals surface area contributed by atoms with E-state index < -0.39 is 0 Å². The van der Waals surface area contributed by atoms with Crippen molar-refractivity contribution in [3.05, 3.63) is 17.8 Å². The molecule has 1 saturated heterocycles. The van der Waals surface area contributed by atoms with E-state index in [2.05, 4.69) is 34.7 Å². The van der Waals surface area contributed by atoms with Gasteiger partial charge in [-0.25, -0.2) is 4.98 Å². The first-order valence-electron chi connectivity index (χ1n) is 12.2. The fraction of sp³-hybridized carbons (Fsp3) is 0.760. The van der Waals surface area contributed by atoms with E-state index in [0.717, 1.165) is 69.5 Å². The molecule has 0 bridgehead atoms. The van der Waals surface area contributed by atoms with Crippen LogP contribution in [0.1, 0.15) is 64.4 Å². The summed E-state index contributed by atoms with van der Waals surface area (Å²) in [6, 6.07) is 2.09. The molecule has 1 aromatic heterocycles. The first-order valence-corrected chi connectivity index (χ1v) is 12.2. The number of ether oxygens (including phenoxy) is 1. The Labute approximate surface area is 182 Å². The Hall–Kier alpha value is -1.62. The lowest BCUT2D eigenvalue weighted by Crippen LogP contribution is -2.47. The Morgan fingerprint density at radius 2 is 1.90 bits per heavy atom. The molecule has 0 aromatic carbocycles. The monoisotopic (exact) mass is 413 g/mol. The SMILES string of the molecule is CCC(C)C(=O)CC1CCC(CCN2CCN(c3nccc4c3OCC4)CC2)CC1. The van der Waals surface area contributed by atoms with Crippen LogP contribution >= 0.6 is 0 Å². The number of rotatable bonds is 8. The van der Waals surface area contributed by atoms with Crippen molar-refractivity contribution in [1.82, 2.24) is 9.88 Å². The molecule has 0 spiro atoms. The molecule has 0 radical (unpaired) electrons. The molecule has 3 heterocycles. The lowest BCUT2D eigenvalue weighted by molar-refractivity contribution is -0.123. The molecule has 166 valence electrons. The van der Waals surface area contributed by atoms with E-state index in [1.54, 1.807) is 0 Å². The number of carbonyl (C=O) groups excluding carboxylic acids is 1. The molecule has 0 N–H and O–H groups in total. The number of hydrogen-bond acceptors (Lipinski definition) is 5. The number of piperazine rings is 1. The number of hydrogen-bond donors (Lipinski definition) is 0. The summed E-state index contributed by atoms with van der Waals surface area (Å²) >= 11 is 0. The Balaban J connectivity index is 1.16. The van der Waals surface area contributed by atoms with Gasteiger partial charge < -0.3 is 9.64 Å². The lowest BCUT2D eigenvalue weighted by Gasteiger charge is -2.37. The van der Waals surface area contributed by atoms with Crippen molar-refractivity contribution in [2.45, 2.75) is 65.2 Å². The zero-order chi connectivity index (χ0) is 20.9. The minimum absolute atomic E-state index is 0.250. The van der Waals surface area contributed by atoms with Gasteiger partial charge in [-0.05, 0) is 50.1 Å². The van der Waals surface area contributed by atoms with E-state index in [9.17, 15) is 4.79 Å². The highest BCUT2D eigenvalue weighted by Gasteiger charge is 2.27. The van der Waals surface area contributed by atoms with Crippen LogP contribution in [0, 0.1) is 17.8 Å². The molecule has 2 aliphatic heterocycles. The van der Waals surface area contributed by atoms with Gasteiger partial charge in [0.1, 0.15) is 5.78 Å². The molecule has 1 atom stereocenters. The zero-order valence-corrected chi connectivity index (χ0v) is 18.9. The number of Topliss-reactive ketones (excluding diaryl/α,β-unsaturated/α-hetero) is 1.